The van der Waals surface area contributed by atoms with Gasteiger partial charge in [-0.05, 0) is 59.7 Å². The van der Waals surface area contributed by atoms with E-state index in [0.717, 1.165) is 16.6 Å². The number of fused-ring (bicyclic) bond motifs is 1. The van der Waals surface area contributed by atoms with Crippen molar-refractivity contribution in [3.8, 4) is 0 Å². The van der Waals surface area contributed by atoms with Gasteiger partial charge >= 0.3 is 0 Å². The highest BCUT2D eigenvalue weighted by Gasteiger charge is 2.13. The third-order valence-electron chi connectivity index (χ3n) is 3.78. The molecule has 3 rings (SSSR count). The van der Waals surface area contributed by atoms with Crippen LogP contribution in [0, 0.1) is 13.8 Å². The highest BCUT2D eigenvalue weighted by Crippen LogP contribution is 2.31. The molecule has 1 N–H and O–H groups in total. The third kappa shape index (κ3) is 4.05. The van der Waals surface area contributed by atoms with Crippen LogP contribution in [-0.4, -0.2) is 20.4 Å². The van der Waals surface area contributed by atoms with Crippen LogP contribution in [0.3, 0.4) is 0 Å². The fourth-order valence-corrected chi connectivity index (χ4v) is 4.19. The monoisotopic (exact) mass is 502 g/mol. The Morgan fingerprint density at radius 2 is 2.12 bits per heavy atom. The number of hydrogen-bond donors (Lipinski definition) is 1. The minimum atomic E-state index is -0.900. The number of anilines is 1. The van der Waals surface area contributed by atoms with Crippen molar-refractivity contribution in [2.24, 2.45) is 0 Å². The molecule has 3 aromatic rings. The number of aryl methyl sites for hydroxylation is 2. The fourth-order valence-electron chi connectivity index (χ4n) is 2.47. The molecule has 2 heterocycles. The van der Waals surface area contributed by atoms with E-state index in [1.165, 1.54) is 18.3 Å². The summed E-state index contributed by atoms with van der Waals surface area (Å²) in [6.07, 6.45) is 3.10. The second-order valence-corrected chi connectivity index (χ2v) is 8.07. The van der Waals surface area contributed by atoms with Crippen LogP contribution in [0.15, 0.2) is 36.3 Å². The standard InChI is InChI=1S/C17H14ClFIN4OP/c1-9-13-4-3-11(6-16(13)24(23-9)26-20)5-14(19)17(25)22-15-7-12(18)8-21-10(15)2/h3-8,26H,1-2H3,(H,22,25)/b14-5-. The van der Waals surface area contributed by atoms with Crippen LogP contribution >= 0.6 is 40.0 Å². The van der Waals surface area contributed by atoms with Gasteiger partial charge in [0.1, 0.15) is 0 Å². The van der Waals surface area contributed by atoms with Crippen LogP contribution in [0.1, 0.15) is 17.0 Å². The number of hydrogen-bond acceptors (Lipinski definition) is 3. The van der Waals surface area contributed by atoms with Crippen LogP contribution in [0.5, 0.6) is 0 Å². The lowest BCUT2D eigenvalue weighted by molar-refractivity contribution is -0.114. The number of halogens is 3. The van der Waals surface area contributed by atoms with Crippen LogP contribution in [0.2, 0.25) is 5.02 Å². The average Bonchev–Trinajstić information content (AvgIpc) is 2.93. The Bertz CT molecular complexity index is 1040. The molecule has 0 aliphatic carbocycles. The number of nitrogens with one attached hydrogen (secondary N) is 1. The largest absolute Gasteiger partial charge is 0.318 e. The molecule has 134 valence electrons. The summed E-state index contributed by atoms with van der Waals surface area (Å²) in [6.45, 7) is 3.64. The number of nitrogens with zero attached hydrogens (tertiary/aromatic N) is 3. The van der Waals surface area contributed by atoms with Crippen molar-refractivity contribution in [2.45, 2.75) is 13.8 Å². The van der Waals surface area contributed by atoms with Gasteiger partial charge in [-0.2, -0.15) is 5.10 Å². The first-order valence-corrected chi connectivity index (χ1v) is 12.0. The van der Waals surface area contributed by atoms with Gasteiger partial charge in [-0.15, -0.1) is 0 Å². The number of carbonyl (C=O) groups excluding carboxylic acids is 1. The van der Waals surface area contributed by atoms with Gasteiger partial charge in [0.25, 0.3) is 5.91 Å². The summed E-state index contributed by atoms with van der Waals surface area (Å²) in [7, 11) is 0. The molecule has 2 aromatic heterocycles. The normalized spacial score (nSPS) is 12.3. The Morgan fingerprint density at radius 3 is 2.85 bits per heavy atom. The number of rotatable bonds is 4. The molecule has 0 saturated carbocycles. The minimum absolute atomic E-state index is 0.365. The molecule has 0 spiro atoms. The smallest absolute Gasteiger partial charge is 0.284 e. The van der Waals surface area contributed by atoms with E-state index >= 15 is 0 Å². The molecule has 1 unspecified atom stereocenters. The van der Waals surface area contributed by atoms with E-state index in [1.54, 1.807) is 13.0 Å². The zero-order valence-corrected chi connectivity index (χ0v) is 17.8. The van der Waals surface area contributed by atoms with Crippen molar-refractivity contribution in [3.05, 3.63) is 58.3 Å². The summed E-state index contributed by atoms with van der Waals surface area (Å²) in [6, 6.07) is 6.99. The van der Waals surface area contributed by atoms with E-state index in [9.17, 15) is 9.18 Å². The molecule has 0 aliphatic heterocycles. The average molecular weight is 503 g/mol. The van der Waals surface area contributed by atoms with Crippen molar-refractivity contribution in [1.29, 1.82) is 0 Å². The number of carbonyl (C=O) groups is 1. The second-order valence-electron chi connectivity index (χ2n) is 5.59. The van der Waals surface area contributed by atoms with E-state index in [-0.39, 0.29) is 0 Å². The quantitative estimate of drug-likeness (QED) is 0.294. The summed E-state index contributed by atoms with van der Waals surface area (Å²) in [4.78, 5) is 16.2. The van der Waals surface area contributed by atoms with Crippen molar-refractivity contribution >= 4 is 68.6 Å². The van der Waals surface area contributed by atoms with Gasteiger partial charge in [0.05, 0.1) is 34.0 Å². The predicted octanol–water partition coefficient (Wildman–Crippen LogP) is 5.44. The molecule has 1 amide bonds. The first kappa shape index (κ1) is 19.2. The Balaban J connectivity index is 1.87. The molecule has 26 heavy (non-hydrogen) atoms. The summed E-state index contributed by atoms with van der Waals surface area (Å²) >= 11 is 8.10. The lowest BCUT2D eigenvalue weighted by atomic mass is 10.1. The van der Waals surface area contributed by atoms with E-state index in [0.29, 0.717) is 28.3 Å². The van der Waals surface area contributed by atoms with Crippen LogP contribution in [0.25, 0.3) is 17.0 Å². The summed E-state index contributed by atoms with van der Waals surface area (Å²) in [5.41, 5.74) is 3.34. The maximum Gasteiger partial charge on any atom is 0.284 e. The molecule has 1 aromatic carbocycles. The van der Waals surface area contributed by atoms with E-state index in [4.69, 9.17) is 11.6 Å². The third-order valence-corrected chi connectivity index (χ3v) is 5.86. The van der Waals surface area contributed by atoms with Crippen molar-refractivity contribution in [2.75, 3.05) is 5.32 Å². The molecular formula is C17H14ClFIN4OP. The minimum Gasteiger partial charge on any atom is -0.318 e. The maximum atomic E-state index is 14.4. The first-order chi connectivity index (χ1) is 12.4. The van der Waals surface area contributed by atoms with Crippen LogP contribution in [0.4, 0.5) is 10.1 Å². The Morgan fingerprint density at radius 1 is 1.35 bits per heavy atom. The highest BCUT2D eigenvalue weighted by atomic mass is 127. The van der Waals surface area contributed by atoms with Gasteiger partial charge in [0.2, 0.25) is 0 Å². The van der Waals surface area contributed by atoms with Gasteiger partial charge in [-0.25, -0.2) is 8.84 Å². The van der Waals surface area contributed by atoms with Crippen molar-refractivity contribution < 1.29 is 9.18 Å². The summed E-state index contributed by atoms with van der Waals surface area (Å²) in [5, 5.41) is 8.31. The molecule has 9 heteroatoms. The summed E-state index contributed by atoms with van der Waals surface area (Å²) < 4.78 is 16.2. The topological polar surface area (TPSA) is 59.8 Å². The zero-order chi connectivity index (χ0) is 18.8. The fraction of sp³-hybridized carbons (Fsp3) is 0.118. The molecule has 0 aliphatic rings. The summed E-state index contributed by atoms with van der Waals surface area (Å²) in [5.74, 6) is -1.75. The number of aromatic nitrogens is 3. The molecule has 0 radical (unpaired) electrons. The van der Waals surface area contributed by atoms with E-state index in [2.05, 4.69) is 37.4 Å². The maximum absolute atomic E-state index is 14.4. The van der Waals surface area contributed by atoms with Crippen LogP contribution < -0.4 is 5.32 Å². The first-order valence-electron chi connectivity index (χ1n) is 7.56. The van der Waals surface area contributed by atoms with Gasteiger partial charge < -0.3 is 5.32 Å². The molecule has 1 atom stereocenters. The number of pyridine rings is 1. The molecule has 5 nitrogen and oxygen atoms in total. The number of amides is 1. The van der Waals surface area contributed by atoms with Gasteiger partial charge in [-0.3, -0.25) is 9.78 Å². The lowest BCUT2D eigenvalue weighted by Crippen LogP contribution is -2.13. The molecule has 0 saturated heterocycles. The predicted molar refractivity (Wildman–Crippen MR) is 114 cm³/mol. The van der Waals surface area contributed by atoms with E-state index < -0.39 is 11.7 Å². The number of benzene rings is 1. The van der Waals surface area contributed by atoms with Crippen LogP contribution in [-0.2, 0) is 4.79 Å². The van der Waals surface area contributed by atoms with Gasteiger partial charge in [0.15, 0.2) is 5.83 Å². The lowest BCUT2D eigenvalue weighted by Gasteiger charge is -2.07. The molecule has 0 bridgehead atoms. The second kappa shape index (κ2) is 7.98. The highest BCUT2D eigenvalue weighted by molar-refractivity contribution is 14.2. The zero-order valence-electron chi connectivity index (χ0n) is 13.8. The van der Waals surface area contributed by atoms with Gasteiger partial charge in [-0.1, -0.05) is 23.7 Å². The van der Waals surface area contributed by atoms with Gasteiger partial charge in [0, 0.05) is 11.6 Å². The molecule has 0 fully saturated rings. The van der Waals surface area contributed by atoms with Crippen molar-refractivity contribution in [1.82, 2.24) is 14.5 Å². The van der Waals surface area contributed by atoms with E-state index in [1.807, 2.05) is 23.5 Å². The van der Waals surface area contributed by atoms with Crippen molar-refractivity contribution in [3.63, 3.8) is 0 Å². The Hall–Kier alpha value is -1.57. The SMILES string of the molecule is Cc1ncc(Cl)cc1NC(=O)/C(F)=C/c1ccc2c(C)nn(PI)c2c1. The molecular weight excluding hydrogens is 489 g/mol. The Labute approximate surface area is 169 Å². The Kier molecular flexibility index (Phi) is 5.89.